The molecular weight excluding hydrogens is 315 g/mol. The van der Waals surface area contributed by atoms with Gasteiger partial charge in [-0.3, -0.25) is 0 Å². The van der Waals surface area contributed by atoms with Crippen LogP contribution in [0.2, 0.25) is 0 Å². The molecule has 19 heavy (non-hydrogen) atoms. The predicted molar refractivity (Wildman–Crippen MR) is 70.7 cm³/mol. The van der Waals surface area contributed by atoms with Crippen LogP contribution in [0.25, 0.3) is 0 Å². The lowest BCUT2D eigenvalue weighted by molar-refractivity contribution is 0.173. The molecule has 1 N–H and O–H groups in total. The Morgan fingerprint density at radius 3 is 2.58 bits per heavy atom. The highest BCUT2D eigenvalue weighted by molar-refractivity contribution is 9.10. The average molecular weight is 325 g/mol. The van der Waals surface area contributed by atoms with Crippen molar-refractivity contribution in [1.82, 2.24) is 0 Å². The molecule has 0 aromatic heterocycles. The lowest BCUT2D eigenvalue weighted by Crippen LogP contribution is -2.00. The normalized spacial score (nSPS) is 14.5. The number of benzene rings is 2. The Morgan fingerprint density at radius 1 is 1.11 bits per heavy atom. The third-order valence-corrected chi connectivity index (χ3v) is 3.54. The van der Waals surface area contributed by atoms with E-state index in [1.165, 1.54) is 12.1 Å². The van der Waals surface area contributed by atoms with Gasteiger partial charge in [0, 0.05) is 0 Å². The minimum atomic E-state index is -0.841. The first kappa shape index (κ1) is 12.4. The number of aliphatic hydroxyl groups is 1. The van der Waals surface area contributed by atoms with Gasteiger partial charge in [0.25, 0.3) is 0 Å². The Labute approximate surface area is 117 Å². The van der Waals surface area contributed by atoms with Gasteiger partial charge in [-0.05, 0) is 51.3 Å². The van der Waals surface area contributed by atoms with Crippen LogP contribution < -0.4 is 9.47 Å². The summed E-state index contributed by atoms with van der Waals surface area (Å²) in [7, 11) is 0. The fraction of sp³-hybridized carbons (Fsp3) is 0.143. The standard InChI is InChI=1S/C14H10BrFO3/c15-11-5-9(6-12-14(11)19-7-18-12)13(17)8-1-3-10(16)4-2-8/h1-6,13,17H,7H2. The van der Waals surface area contributed by atoms with Crippen LogP contribution in [0.3, 0.4) is 0 Å². The van der Waals surface area contributed by atoms with E-state index in [9.17, 15) is 9.50 Å². The molecule has 3 rings (SSSR count). The number of ether oxygens (including phenoxy) is 2. The SMILES string of the molecule is OC(c1ccc(F)cc1)c1cc(Br)c2c(c1)OCO2. The maximum absolute atomic E-state index is 12.9. The molecule has 2 aromatic rings. The minimum absolute atomic E-state index is 0.171. The fourth-order valence-corrected chi connectivity index (χ4v) is 2.56. The lowest BCUT2D eigenvalue weighted by Gasteiger charge is -2.13. The van der Waals surface area contributed by atoms with Gasteiger partial charge in [0.2, 0.25) is 6.79 Å². The van der Waals surface area contributed by atoms with E-state index in [2.05, 4.69) is 15.9 Å². The summed E-state index contributed by atoms with van der Waals surface area (Å²) in [5, 5.41) is 10.3. The molecule has 1 aliphatic heterocycles. The number of rotatable bonds is 2. The Hall–Kier alpha value is -1.59. The van der Waals surface area contributed by atoms with Gasteiger partial charge in [0.05, 0.1) is 4.47 Å². The van der Waals surface area contributed by atoms with E-state index >= 15 is 0 Å². The summed E-state index contributed by atoms with van der Waals surface area (Å²) in [5.41, 5.74) is 1.27. The summed E-state index contributed by atoms with van der Waals surface area (Å²) < 4.78 is 24.2. The first-order valence-electron chi connectivity index (χ1n) is 5.68. The van der Waals surface area contributed by atoms with E-state index < -0.39 is 6.10 Å². The van der Waals surface area contributed by atoms with E-state index in [1.807, 2.05) is 0 Å². The third kappa shape index (κ3) is 2.31. The molecule has 0 saturated carbocycles. The van der Waals surface area contributed by atoms with Gasteiger partial charge in [0.1, 0.15) is 11.9 Å². The zero-order chi connectivity index (χ0) is 13.4. The van der Waals surface area contributed by atoms with E-state index in [4.69, 9.17) is 9.47 Å². The quantitative estimate of drug-likeness (QED) is 0.920. The van der Waals surface area contributed by atoms with Crippen LogP contribution in [0, 0.1) is 5.82 Å². The van der Waals surface area contributed by atoms with Crippen molar-refractivity contribution in [2.45, 2.75) is 6.10 Å². The van der Waals surface area contributed by atoms with E-state index in [0.717, 1.165) is 4.47 Å². The van der Waals surface area contributed by atoms with Crippen LogP contribution in [0.4, 0.5) is 4.39 Å². The molecule has 0 amide bonds. The molecule has 1 heterocycles. The topological polar surface area (TPSA) is 38.7 Å². The summed E-state index contributed by atoms with van der Waals surface area (Å²) in [6.45, 7) is 0.171. The molecule has 0 saturated heterocycles. The molecule has 1 unspecified atom stereocenters. The van der Waals surface area contributed by atoms with Gasteiger partial charge in [-0.25, -0.2) is 4.39 Å². The summed E-state index contributed by atoms with van der Waals surface area (Å²) in [4.78, 5) is 0. The molecule has 0 spiro atoms. The zero-order valence-corrected chi connectivity index (χ0v) is 11.4. The number of hydrogen-bond donors (Lipinski definition) is 1. The van der Waals surface area contributed by atoms with Crippen molar-refractivity contribution in [2.24, 2.45) is 0 Å². The fourth-order valence-electron chi connectivity index (χ4n) is 1.98. The second-order valence-electron chi connectivity index (χ2n) is 4.19. The van der Waals surface area contributed by atoms with E-state index in [0.29, 0.717) is 22.6 Å². The molecular formula is C14H10BrFO3. The Bertz CT molecular complexity index is 613. The summed E-state index contributed by atoms with van der Waals surface area (Å²) in [6, 6.07) is 9.24. The number of fused-ring (bicyclic) bond motifs is 1. The van der Waals surface area contributed by atoms with Crippen molar-refractivity contribution >= 4 is 15.9 Å². The van der Waals surface area contributed by atoms with Crippen LogP contribution in [-0.4, -0.2) is 11.9 Å². The highest BCUT2D eigenvalue weighted by atomic mass is 79.9. The highest BCUT2D eigenvalue weighted by Crippen LogP contribution is 2.42. The van der Waals surface area contributed by atoms with Crippen molar-refractivity contribution < 1.29 is 19.0 Å². The summed E-state index contributed by atoms with van der Waals surface area (Å²) >= 11 is 3.37. The van der Waals surface area contributed by atoms with Crippen LogP contribution in [0.1, 0.15) is 17.2 Å². The smallest absolute Gasteiger partial charge is 0.231 e. The minimum Gasteiger partial charge on any atom is -0.454 e. The summed E-state index contributed by atoms with van der Waals surface area (Å²) in [5.74, 6) is 0.892. The van der Waals surface area contributed by atoms with Gasteiger partial charge in [-0.15, -0.1) is 0 Å². The van der Waals surface area contributed by atoms with Gasteiger partial charge in [-0.1, -0.05) is 12.1 Å². The van der Waals surface area contributed by atoms with E-state index in [-0.39, 0.29) is 12.6 Å². The van der Waals surface area contributed by atoms with Crippen molar-refractivity contribution in [3.8, 4) is 11.5 Å². The Morgan fingerprint density at radius 2 is 1.84 bits per heavy atom. The number of aliphatic hydroxyl groups excluding tert-OH is 1. The zero-order valence-electron chi connectivity index (χ0n) is 9.77. The van der Waals surface area contributed by atoms with Crippen LogP contribution >= 0.6 is 15.9 Å². The first-order valence-corrected chi connectivity index (χ1v) is 6.47. The van der Waals surface area contributed by atoms with Crippen molar-refractivity contribution in [2.75, 3.05) is 6.79 Å². The highest BCUT2D eigenvalue weighted by Gasteiger charge is 2.21. The lowest BCUT2D eigenvalue weighted by atomic mass is 10.0. The van der Waals surface area contributed by atoms with Crippen LogP contribution in [0.5, 0.6) is 11.5 Å². The van der Waals surface area contributed by atoms with Crippen molar-refractivity contribution in [3.05, 3.63) is 57.8 Å². The van der Waals surface area contributed by atoms with Crippen molar-refractivity contribution in [3.63, 3.8) is 0 Å². The molecule has 3 nitrogen and oxygen atoms in total. The second kappa shape index (κ2) is 4.83. The maximum Gasteiger partial charge on any atom is 0.231 e. The molecule has 0 aliphatic carbocycles. The molecule has 98 valence electrons. The van der Waals surface area contributed by atoms with Gasteiger partial charge >= 0.3 is 0 Å². The van der Waals surface area contributed by atoms with Crippen LogP contribution in [-0.2, 0) is 0 Å². The van der Waals surface area contributed by atoms with Gasteiger partial charge < -0.3 is 14.6 Å². The maximum atomic E-state index is 12.9. The van der Waals surface area contributed by atoms with Gasteiger partial charge in [0.15, 0.2) is 11.5 Å². The molecule has 5 heteroatoms. The largest absolute Gasteiger partial charge is 0.454 e. The van der Waals surface area contributed by atoms with Gasteiger partial charge in [-0.2, -0.15) is 0 Å². The Balaban J connectivity index is 1.98. The number of halogens is 2. The molecule has 1 atom stereocenters. The monoisotopic (exact) mass is 324 g/mol. The average Bonchev–Trinajstić information content (AvgIpc) is 2.87. The first-order chi connectivity index (χ1) is 9.15. The molecule has 0 bridgehead atoms. The summed E-state index contributed by atoms with van der Waals surface area (Å²) in [6.07, 6.45) is -0.841. The molecule has 1 aliphatic rings. The predicted octanol–water partition coefficient (Wildman–Crippen LogP) is 3.40. The van der Waals surface area contributed by atoms with Crippen LogP contribution in [0.15, 0.2) is 40.9 Å². The Kier molecular flexibility index (Phi) is 3.16. The second-order valence-corrected chi connectivity index (χ2v) is 5.04. The molecule has 2 aromatic carbocycles. The van der Waals surface area contributed by atoms with E-state index in [1.54, 1.807) is 24.3 Å². The third-order valence-electron chi connectivity index (χ3n) is 2.95. The number of hydrogen-bond acceptors (Lipinski definition) is 3. The molecule has 0 radical (unpaired) electrons. The van der Waals surface area contributed by atoms with Crippen molar-refractivity contribution in [1.29, 1.82) is 0 Å². The molecule has 0 fully saturated rings.